The third-order valence-electron chi connectivity index (χ3n) is 4.08. The molecule has 2 aromatic rings. The molecule has 0 radical (unpaired) electrons. The van der Waals surface area contributed by atoms with Gasteiger partial charge in [-0.1, -0.05) is 6.07 Å². The fourth-order valence-corrected chi connectivity index (χ4v) is 2.65. The Labute approximate surface area is 164 Å². The van der Waals surface area contributed by atoms with Crippen LogP contribution in [-0.4, -0.2) is 41.4 Å². The molecule has 8 heteroatoms. The van der Waals surface area contributed by atoms with Gasteiger partial charge in [-0.3, -0.25) is 4.99 Å². The van der Waals surface area contributed by atoms with Crippen molar-refractivity contribution in [2.75, 3.05) is 35.5 Å². The van der Waals surface area contributed by atoms with E-state index in [2.05, 4.69) is 15.6 Å². The van der Waals surface area contributed by atoms with Gasteiger partial charge in [0.15, 0.2) is 29.0 Å². The van der Waals surface area contributed by atoms with E-state index < -0.39 is 5.82 Å². The first-order chi connectivity index (χ1) is 13.6. The van der Waals surface area contributed by atoms with E-state index in [4.69, 9.17) is 18.9 Å². The summed E-state index contributed by atoms with van der Waals surface area (Å²) in [5.41, 5.74) is 1.70. The first kappa shape index (κ1) is 21.1. The van der Waals surface area contributed by atoms with Gasteiger partial charge in [0.1, 0.15) is 0 Å². The average Bonchev–Trinajstić information content (AvgIpc) is 2.73. The monoisotopic (exact) mass is 391 g/mol. The van der Waals surface area contributed by atoms with Crippen molar-refractivity contribution in [1.29, 1.82) is 0 Å². The van der Waals surface area contributed by atoms with E-state index in [0.29, 0.717) is 36.3 Å². The summed E-state index contributed by atoms with van der Waals surface area (Å²) < 4.78 is 34.8. The zero-order valence-electron chi connectivity index (χ0n) is 16.8. The minimum atomic E-state index is -0.401. The van der Waals surface area contributed by atoms with E-state index in [1.165, 1.54) is 13.2 Å². The number of aliphatic imine (C=N–C) groups is 1. The molecule has 7 nitrogen and oxygen atoms in total. The number of rotatable bonds is 8. The Balaban J connectivity index is 2.01. The van der Waals surface area contributed by atoms with E-state index in [9.17, 15) is 4.39 Å². The highest BCUT2D eigenvalue weighted by Gasteiger charge is 2.13. The van der Waals surface area contributed by atoms with Gasteiger partial charge in [0.2, 0.25) is 5.75 Å². The third-order valence-corrected chi connectivity index (χ3v) is 4.08. The fraction of sp³-hybridized carbons (Fsp3) is 0.350. The molecule has 0 aliphatic heterocycles. The summed E-state index contributed by atoms with van der Waals surface area (Å²) in [4.78, 5) is 4.18. The summed E-state index contributed by atoms with van der Waals surface area (Å²) in [7, 11) is 7.81. The molecule has 0 amide bonds. The first-order valence-electron chi connectivity index (χ1n) is 8.62. The molecule has 2 N–H and O–H groups in total. The van der Waals surface area contributed by atoms with Gasteiger partial charge in [0.25, 0.3) is 0 Å². The molecule has 152 valence electrons. The van der Waals surface area contributed by atoms with Crippen molar-refractivity contribution < 1.29 is 23.3 Å². The second kappa shape index (κ2) is 10.2. The van der Waals surface area contributed by atoms with Crippen molar-refractivity contribution in [3.63, 3.8) is 0 Å². The van der Waals surface area contributed by atoms with Gasteiger partial charge in [0.05, 0.1) is 28.4 Å². The van der Waals surface area contributed by atoms with Crippen LogP contribution in [0.2, 0.25) is 0 Å². The molecule has 0 aliphatic carbocycles. The SMILES string of the molecule is CN=C(NCc1ccc(OC)c(F)c1)NCc1cc(OC)c(OC)c(OC)c1. The molecule has 0 aromatic heterocycles. The number of hydrogen-bond acceptors (Lipinski definition) is 5. The Morgan fingerprint density at radius 3 is 1.86 bits per heavy atom. The molecule has 0 bridgehead atoms. The standard InChI is InChI=1S/C20H26FN3O4/c1-22-20(23-11-13-6-7-16(25-2)15(21)8-13)24-12-14-9-17(26-3)19(28-5)18(10-14)27-4/h6-10H,11-12H2,1-5H3,(H2,22,23,24). The van der Waals surface area contributed by atoms with E-state index >= 15 is 0 Å². The van der Waals surface area contributed by atoms with Gasteiger partial charge in [-0.15, -0.1) is 0 Å². The van der Waals surface area contributed by atoms with Gasteiger partial charge in [-0.05, 0) is 35.4 Å². The highest BCUT2D eigenvalue weighted by molar-refractivity contribution is 5.79. The molecule has 0 saturated heterocycles. The summed E-state index contributed by atoms with van der Waals surface area (Å²) in [5, 5.41) is 6.35. The lowest BCUT2D eigenvalue weighted by molar-refractivity contribution is 0.323. The molecule has 0 saturated carbocycles. The fourth-order valence-electron chi connectivity index (χ4n) is 2.65. The van der Waals surface area contributed by atoms with Crippen molar-refractivity contribution in [1.82, 2.24) is 10.6 Å². The quantitative estimate of drug-likeness (QED) is 0.533. The summed E-state index contributed by atoms with van der Waals surface area (Å²) in [5.74, 6) is 2.09. The van der Waals surface area contributed by atoms with E-state index in [1.807, 2.05) is 12.1 Å². The molecule has 0 heterocycles. The predicted molar refractivity (Wildman–Crippen MR) is 106 cm³/mol. The Morgan fingerprint density at radius 2 is 1.39 bits per heavy atom. The molecular formula is C20H26FN3O4. The van der Waals surface area contributed by atoms with Crippen LogP contribution >= 0.6 is 0 Å². The average molecular weight is 391 g/mol. The minimum absolute atomic E-state index is 0.216. The normalized spacial score (nSPS) is 11.0. The van der Waals surface area contributed by atoms with Crippen LogP contribution in [0.3, 0.4) is 0 Å². The maximum absolute atomic E-state index is 13.8. The molecule has 0 atom stereocenters. The number of halogens is 1. The van der Waals surface area contributed by atoms with Crippen molar-refractivity contribution in [2.24, 2.45) is 4.99 Å². The van der Waals surface area contributed by atoms with Crippen LogP contribution in [0.15, 0.2) is 35.3 Å². The van der Waals surface area contributed by atoms with Gasteiger partial charge in [0, 0.05) is 20.1 Å². The van der Waals surface area contributed by atoms with Crippen molar-refractivity contribution in [3.05, 3.63) is 47.3 Å². The lowest BCUT2D eigenvalue weighted by Gasteiger charge is -2.16. The molecule has 0 unspecified atom stereocenters. The van der Waals surface area contributed by atoms with Crippen molar-refractivity contribution in [2.45, 2.75) is 13.1 Å². The number of ether oxygens (including phenoxy) is 4. The molecule has 2 aromatic carbocycles. The minimum Gasteiger partial charge on any atom is -0.494 e. The Kier molecular flexibility index (Phi) is 7.74. The van der Waals surface area contributed by atoms with Crippen LogP contribution in [0, 0.1) is 5.82 Å². The Hall–Kier alpha value is -3.16. The maximum Gasteiger partial charge on any atom is 0.203 e. The van der Waals surface area contributed by atoms with Crippen molar-refractivity contribution in [3.8, 4) is 23.0 Å². The molecule has 0 fully saturated rings. The highest BCUT2D eigenvalue weighted by Crippen LogP contribution is 2.38. The lowest BCUT2D eigenvalue weighted by atomic mass is 10.2. The first-order valence-corrected chi connectivity index (χ1v) is 8.62. The number of hydrogen-bond donors (Lipinski definition) is 2. The number of benzene rings is 2. The van der Waals surface area contributed by atoms with Crippen LogP contribution < -0.4 is 29.6 Å². The second-order valence-corrected chi connectivity index (χ2v) is 5.78. The second-order valence-electron chi connectivity index (χ2n) is 5.78. The van der Waals surface area contributed by atoms with Crippen LogP contribution in [0.25, 0.3) is 0 Å². The van der Waals surface area contributed by atoms with Gasteiger partial charge in [-0.2, -0.15) is 0 Å². The number of nitrogens with one attached hydrogen (secondary N) is 2. The van der Waals surface area contributed by atoms with E-state index in [-0.39, 0.29) is 5.75 Å². The van der Waals surface area contributed by atoms with Crippen molar-refractivity contribution >= 4 is 5.96 Å². The molecule has 0 spiro atoms. The summed E-state index contributed by atoms with van der Waals surface area (Å²) in [6.07, 6.45) is 0. The molecular weight excluding hydrogens is 365 g/mol. The maximum atomic E-state index is 13.8. The Bertz CT molecular complexity index is 802. The number of guanidine groups is 1. The smallest absolute Gasteiger partial charge is 0.203 e. The van der Waals surface area contributed by atoms with Gasteiger partial charge in [-0.25, -0.2) is 4.39 Å². The molecule has 2 rings (SSSR count). The third kappa shape index (κ3) is 5.18. The van der Waals surface area contributed by atoms with Crippen LogP contribution in [0.4, 0.5) is 4.39 Å². The van der Waals surface area contributed by atoms with Crippen LogP contribution in [-0.2, 0) is 13.1 Å². The zero-order chi connectivity index (χ0) is 20.5. The summed E-state index contributed by atoms with van der Waals surface area (Å²) in [6, 6.07) is 8.54. The topological polar surface area (TPSA) is 73.3 Å². The number of nitrogens with zero attached hydrogens (tertiary/aromatic N) is 1. The zero-order valence-corrected chi connectivity index (χ0v) is 16.8. The van der Waals surface area contributed by atoms with Gasteiger partial charge >= 0.3 is 0 Å². The number of methoxy groups -OCH3 is 4. The van der Waals surface area contributed by atoms with Crippen LogP contribution in [0.1, 0.15) is 11.1 Å². The summed E-state index contributed by atoms with van der Waals surface area (Å²) >= 11 is 0. The largest absolute Gasteiger partial charge is 0.494 e. The van der Waals surface area contributed by atoms with Gasteiger partial charge < -0.3 is 29.6 Å². The van der Waals surface area contributed by atoms with Crippen LogP contribution in [0.5, 0.6) is 23.0 Å². The van der Waals surface area contributed by atoms with E-state index in [0.717, 1.165) is 11.1 Å². The van der Waals surface area contributed by atoms with E-state index in [1.54, 1.807) is 40.5 Å². The molecule has 28 heavy (non-hydrogen) atoms. The lowest BCUT2D eigenvalue weighted by Crippen LogP contribution is -2.36. The molecule has 0 aliphatic rings. The Morgan fingerprint density at radius 1 is 0.821 bits per heavy atom. The summed E-state index contributed by atoms with van der Waals surface area (Å²) in [6.45, 7) is 0.892. The predicted octanol–water partition coefficient (Wildman–Crippen LogP) is 2.73. The highest BCUT2D eigenvalue weighted by atomic mass is 19.1.